The summed E-state index contributed by atoms with van der Waals surface area (Å²) in [6, 6.07) is 10.7. The predicted octanol–water partition coefficient (Wildman–Crippen LogP) is 1.91. The molecule has 0 spiro atoms. The van der Waals surface area contributed by atoms with Gasteiger partial charge in [-0.05, 0) is 22.9 Å². The van der Waals surface area contributed by atoms with E-state index in [2.05, 4.69) is 4.84 Å². The van der Waals surface area contributed by atoms with Crippen molar-refractivity contribution in [3.8, 4) is 0 Å². The van der Waals surface area contributed by atoms with Gasteiger partial charge in [0.15, 0.2) is 0 Å². The molecule has 1 heterocycles. The van der Waals surface area contributed by atoms with Crippen molar-refractivity contribution in [3.05, 3.63) is 47.5 Å². The number of nitrogens with zero attached hydrogens (tertiary/aromatic N) is 1. The number of rotatable bonds is 1. The van der Waals surface area contributed by atoms with Gasteiger partial charge in [-0.2, -0.15) is 0 Å². The highest BCUT2D eigenvalue weighted by atomic mass is 16.7. The van der Waals surface area contributed by atoms with Crippen molar-refractivity contribution in [2.75, 3.05) is 0 Å². The Labute approximate surface area is 108 Å². The van der Waals surface area contributed by atoms with Crippen LogP contribution in [-0.4, -0.2) is 22.8 Å². The van der Waals surface area contributed by atoms with Crippen molar-refractivity contribution < 1.29 is 19.2 Å². The second-order valence-corrected chi connectivity index (χ2v) is 4.23. The molecule has 5 nitrogen and oxygen atoms in total. The third-order valence-corrected chi connectivity index (χ3v) is 2.94. The fraction of sp³-hybridized carbons (Fsp3) is 0.0714. The van der Waals surface area contributed by atoms with Crippen molar-refractivity contribution in [2.45, 2.75) is 6.92 Å². The highest BCUT2D eigenvalue weighted by Crippen LogP contribution is 2.28. The van der Waals surface area contributed by atoms with Crippen LogP contribution in [0.25, 0.3) is 10.8 Å². The molecule has 2 aromatic rings. The molecule has 19 heavy (non-hydrogen) atoms. The predicted molar refractivity (Wildman–Crippen MR) is 66.2 cm³/mol. The molecule has 0 bridgehead atoms. The van der Waals surface area contributed by atoms with Crippen molar-refractivity contribution in [2.24, 2.45) is 0 Å². The van der Waals surface area contributed by atoms with Crippen molar-refractivity contribution in [1.29, 1.82) is 0 Å². The van der Waals surface area contributed by atoms with Gasteiger partial charge in [-0.25, -0.2) is 4.79 Å². The fourth-order valence-corrected chi connectivity index (χ4v) is 2.12. The van der Waals surface area contributed by atoms with Gasteiger partial charge in [0.1, 0.15) is 0 Å². The standard InChI is InChI=1S/C14H9NO4/c1-8(16)19-15-13(17)11-6-9-4-2-3-5-10(9)7-12(11)14(15)18/h2-7H,1H3. The zero-order valence-corrected chi connectivity index (χ0v) is 10.0. The number of carbonyl (C=O) groups is 3. The van der Waals surface area contributed by atoms with Gasteiger partial charge in [0.05, 0.1) is 11.1 Å². The number of carbonyl (C=O) groups excluding carboxylic acids is 3. The summed E-state index contributed by atoms with van der Waals surface area (Å²) in [5, 5.41) is 2.21. The fourth-order valence-electron chi connectivity index (χ4n) is 2.12. The molecule has 1 aliphatic heterocycles. The molecule has 0 atom stereocenters. The molecule has 94 valence electrons. The van der Waals surface area contributed by atoms with E-state index in [4.69, 9.17) is 0 Å². The molecular formula is C14H9NO4. The van der Waals surface area contributed by atoms with Crippen LogP contribution < -0.4 is 0 Å². The molecule has 0 aliphatic carbocycles. The van der Waals surface area contributed by atoms with Gasteiger partial charge in [0.25, 0.3) is 11.8 Å². The number of hydrogen-bond acceptors (Lipinski definition) is 4. The van der Waals surface area contributed by atoms with Crippen molar-refractivity contribution in [3.63, 3.8) is 0 Å². The molecule has 0 aromatic heterocycles. The zero-order valence-electron chi connectivity index (χ0n) is 10.0. The first-order valence-corrected chi connectivity index (χ1v) is 5.68. The second kappa shape index (κ2) is 3.91. The molecule has 0 fully saturated rings. The molecule has 0 saturated heterocycles. The molecule has 3 rings (SSSR count). The van der Waals surface area contributed by atoms with Gasteiger partial charge < -0.3 is 4.84 Å². The number of hydrogen-bond donors (Lipinski definition) is 0. The zero-order chi connectivity index (χ0) is 13.6. The van der Waals surface area contributed by atoms with Crippen molar-refractivity contribution >= 4 is 28.6 Å². The monoisotopic (exact) mass is 255 g/mol. The number of amides is 2. The van der Waals surface area contributed by atoms with E-state index >= 15 is 0 Å². The van der Waals surface area contributed by atoms with Gasteiger partial charge in [0, 0.05) is 6.92 Å². The van der Waals surface area contributed by atoms with E-state index in [1.807, 2.05) is 24.3 Å². The Hall–Kier alpha value is -2.69. The summed E-state index contributed by atoms with van der Waals surface area (Å²) in [5.74, 6) is -1.93. The van der Waals surface area contributed by atoms with Gasteiger partial charge in [-0.15, -0.1) is 0 Å². The summed E-state index contributed by atoms with van der Waals surface area (Å²) < 4.78 is 0. The third kappa shape index (κ3) is 1.67. The first-order chi connectivity index (χ1) is 9.08. The number of imide groups is 1. The maximum Gasteiger partial charge on any atom is 0.330 e. The second-order valence-electron chi connectivity index (χ2n) is 4.23. The van der Waals surface area contributed by atoms with Crippen LogP contribution >= 0.6 is 0 Å². The summed E-state index contributed by atoms with van der Waals surface area (Å²) in [6.45, 7) is 1.14. The quantitative estimate of drug-likeness (QED) is 0.730. The Bertz CT molecular complexity index is 681. The van der Waals surface area contributed by atoms with Crippen molar-refractivity contribution in [1.82, 2.24) is 5.06 Å². The van der Waals surface area contributed by atoms with E-state index in [1.54, 1.807) is 12.1 Å². The van der Waals surface area contributed by atoms with Crippen LogP contribution in [0.4, 0.5) is 0 Å². The Balaban J connectivity index is 2.16. The van der Waals surface area contributed by atoms with Crippen LogP contribution in [0.1, 0.15) is 27.6 Å². The summed E-state index contributed by atoms with van der Waals surface area (Å²) >= 11 is 0. The number of hydroxylamine groups is 2. The van der Waals surface area contributed by atoms with Crippen LogP contribution in [0.15, 0.2) is 36.4 Å². The molecule has 1 aliphatic rings. The summed E-state index contributed by atoms with van der Waals surface area (Å²) in [6.07, 6.45) is 0. The highest BCUT2D eigenvalue weighted by Gasteiger charge is 2.38. The molecule has 0 saturated carbocycles. The minimum absolute atomic E-state index is 0.255. The normalized spacial score (nSPS) is 13.8. The maximum absolute atomic E-state index is 12.0. The molecule has 2 amide bonds. The molecule has 0 N–H and O–H groups in total. The van der Waals surface area contributed by atoms with E-state index in [0.29, 0.717) is 5.06 Å². The van der Waals surface area contributed by atoms with E-state index in [9.17, 15) is 14.4 Å². The van der Waals surface area contributed by atoms with E-state index in [-0.39, 0.29) is 11.1 Å². The van der Waals surface area contributed by atoms with Crippen LogP contribution in [-0.2, 0) is 9.63 Å². The molecule has 5 heteroatoms. The molecule has 0 unspecified atom stereocenters. The lowest BCUT2D eigenvalue weighted by Crippen LogP contribution is -2.31. The lowest BCUT2D eigenvalue weighted by atomic mass is 10.0. The summed E-state index contributed by atoms with van der Waals surface area (Å²) in [5.41, 5.74) is 0.509. The Morgan fingerprint density at radius 1 is 1.00 bits per heavy atom. The number of benzene rings is 2. The lowest BCUT2D eigenvalue weighted by molar-refractivity contribution is -0.165. The van der Waals surface area contributed by atoms with Gasteiger partial charge in [-0.3, -0.25) is 9.59 Å². The van der Waals surface area contributed by atoms with E-state index in [0.717, 1.165) is 17.7 Å². The minimum Gasteiger partial charge on any atom is -0.330 e. The maximum atomic E-state index is 12.0. The van der Waals surface area contributed by atoms with E-state index < -0.39 is 17.8 Å². The largest absolute Gasteiger partial charge is 0.330 e. The average molecular weight is 255 g/mol. The number of fused-ring (bicyclic) bond motifs is 2. The smallest absolute Gasteiger partial charge is 0.330 e. The lowest BCUT2D eigenvalue weighted by Gasteiger charge is -2.10. The molecular weight excluding hydrogens is 246 g/mol. The Morgan fingerprint density at radius 2 is 1.47 bits per heavy atom. The third-order valence-electron chi connectivity index (χ3n) is 2.94. The first-order valence-electron chi connectivity index (χ1n) is 5.68. The topological polar surface area (TPSA) is 63.7 Å². The van der Waals surface area contributed by atoms with Crippen LogP contribution in [0.5, 0.6) is 0 Å². The Kier molecular flexibility index (Phi) is 2.35. The van der Waals surface area contributed by atoms with Crippen LogP contribution in [0.2, 0.25) is 0 Å². The first kappa shape index (κ1) is 11.4. The summed E-state index contributed by atoms with van der Waals surface area (Å²) in [7, 11) is 0. The summed E-state index contributed by atoms with van der Waals surface area (Å²) in [4.78, 5) is 39.6. The highest BCUT2D eigenvalue weighted by molar-refractivity contribution is 6.22. The van der Waals surface area contributed by atoms with E-state index in [1.165, 1.54) is 0 Å². The van der Waals surface area contributed by atoms with Crippen LogP contribution in [0, 0.1) is 0 Å². The SMILES string of the molecule is CC(=O)ON1C(=O)c2cc3ccccc3cc2C1=O. The minimum atomic E-state index is -0.709. The Morgan fingerprint density at radius 3 is 1.89 bits per heavy atom. The van der Waals surface area contributed by atoms with Crippen LogP contribution in [0.3, 0.4) is 0 Å². The molecule has 2 aromatic carbocycles. The van der Waals surface area contributed by atoms with Gasteiger partial charge >= 0.3 is 5.97 Å². The van der Waals surface area contributed by atoms with Gasteiger partial charge in [0.2, 0.25) is 0 Å². The average Bonchev–Trinajstić information content (AvgIpc) is 2.61. The van der Waals surface area contributed by atoms with Gasteiger partial charge in [-0.1, -0.05) is 29.3 Å². The molecule has 0 radical (unpaired) electrons.